The Morgan fingerprint density at radius 2 is 1.79 bits per heavy atom. The maximum atomic E-state index is 9.69. The molecule has 3 aromatic carbocycles. The van der Waals surface area contributed by atoms with Gasteiger partial charge in [-0.25, -0.2) is 0 Å². The predicted octanol–water partition coefficient (Wildman–Crippen LogP) is 3.00. The van der Waals surface area contributed by atoms with Gasteiger partial charge in [0.1, 0.15) is 17.2 Å². The van der Waals surface area contributed by atoms with E-state index in [4.69, 9.17) is 14.1 Å². The Morgan fingerprint density at radius 3 is 2.61 bits per heavy atom. The zero-order valence-corrected chi connectivity index (χ0v) is 15.7. The Labute approximate surface area is 165 Å². The van der Waals surface area contributed by atoms with Crippen LogP contribution in [0.25, 0.3) is 0 Å². The van der Waals surface area contributed by atoms with E-state index in [2.05, 4.69) is 11.4 Å². The maximum absolute atomic E-state index is 9.69. The van der Waals surface area contributed by atoms with E-state index in [1.165, 1.54) is 5.56 Å². The van der Waals surface area contributed by atoms with Gasteiger partial charge in [-0.15, -0.1) is 0 Å². The number of para-hydroxylation sites is 1. The molecule has 1 heterocycles. The monoisotopic (exact) mass is 375 g/mol. The lowest BCUT2D eigenvalue weighted by Crippen LogP contribution is -2.27. The lowest BCUT2D eigenvalue weighted by molar-refractivity contribution is 0.275. The Balaban J connectivity index is 1.33. The fraction of sp³-hybridized carbons (Fsp3) is 0.182. The molecule has 5 nitrogen and oxygen atoms in total. The zero-order chi connectivity index (χ0) is 19.3. The largest absolute Gasteiger partial charge is 0.496 e. The number of benzene rings is 3. The van der Waals surface area contributed by atoms with Gasteiger partial charge in [0.2, 0.25) is 0 Å². The topological polar surface area (TPSA) is 60.0 Å². The van der Waals surface area contributed by atoms with E-state index in [0.717, 1.165) is 46.9 Å². The van der Waals surface area contributed by atoms with E-state index in [9.17, 15) is 5.02 Å². The average Bonchev–Trinajstić information content (AvgIpc) is 3.10. The molecule has 28 heavy (non-hydrogen) atoms. The van der Waals surface area contributed by atoms with Crippen LogP contribution in [0.15, 0.2) is 66.7 Å². The van der Waals surface area contributed by atoms with Gasteiger partial charge in [-0.05, 0) is 46.9 Å². The van der Waals surface area contributed by atoms with Gasteiger partial charge in [0, 0.05) is 18.7 Å². The van der Waals surface area contributed by atoms with Crippen LogP contribution in [0, 0.1) is 0 Å². The number of hydrogen-bond donors (Lipinski definition) is 2. The Kier molecular flexibility index (Phi) is 5.62. The Morgan fingerprint density at radius 1 is 1.00 bits per heavy atom. The lowest BCUT2D eigenvalue weighted by atomic mass is 9.80. The summed E-state index contributed by atoms with van der Waals surface area (Å²) in [6.07, 6.45) is 0. The van der Waals surface area contributed by atoms with Gasteiger partial charge < -0.3 is 24.5 Å². The SMILES string of the molecule is COc1ccccc1CNCc1ccc(Oc2ccc3c(c2)COB3O)cc1. The molecule has 1 aliphatic rings. The van der Waals surface area contributed by atoms with Crippen molar-refractivity contribution in [2.75, 3.05) is 7.11 Å². The molecule has 4 rings (SSSR count). The lowest BCUT2D eigenvalue weighted by Gasteiger charge is -2.10. The van der Waals surface area contributed by atoms with Crippen LogP contribution in [0.5, 0.6) is 17.2 Å². The minimum absolute atomic E-state index is 0.407. The number of fused-ring (bicyclic) bond motifs is 1. The van der Waals surface area contributed by atoms with Crippen LogP contribution < -0.4 is 20.3 Å². The quantitative estimate of drug-likeness (QED) is 0.622. The predicted molar refractivity (Wildman–Crippen MR) is 109 cm³/mol. The zero-order valence-electron chi connectivity index (χ0n) is 15.7. The fourth-order valence-electron chi connectivity index (χ4n) is 3.27. The molecule has 0 saturated carbocycles. The molecule has 0 aliphatic carbocycles. The summed E-state index contributed by atoms with van der Waals surface area (Å²) in [5, 5.41) is 13.1. The molecular formula is C22H22BNO4. The minimum atomic E-state index is -0.827. The molecule has 0 bridgehead atoms. The van der Waals surface area contributed by atoms with E-state index in [-0.39, 0.29) is 0 Å². The van der Waals surface area contributed by atoms with Crippen molar-refractivity contribution in [3.8, 4) is 17.2 Å². The van der Waals surface area contributed by atoms with Crippen LogP contribution in [0.3, 0.4) is 0 Å². The summed E-state index contributed by atoms with van der Waals surface area (Å²) in [5.41, 5.74) is 4.08. The molecule has 6 heteroatoms. The van der Waals surface area contributed by atoms with Crippen molar-refractivity contribution in [3.63, 3.8) is 0 Å². The van der Waals surface area contributed by atoms with Crippen LogP contribution in [0.1, 0.15) is 16.7 Å². The minimum Gasteiger partial charge on any atom is -0.496 e. The number of rotatable bonds is 7. The molecule has 0 saturated heterocycles. The highest BCUT2D eigenvalue weighted by Gasteiger charge is 2.27. The number of ether oxygens (including phenoxy) is 2. The van der Waals surface area contributed by atoms with Gasteiger partial charge in [-0.3, -0.25) is 0 Å². The van der Waals surface area contributed by atoms with E-state index < -0.39 is 7.12 Å². The highest BCUT2D eigenvalue weighted by Crippen LogP contribution is 2.24. The summed E-state index contributed by atoms with van der Waals surface area (Å²) in [6, 6.07) is 21.6. The molecular weight excluding hydrogens is 353 g/mol. The van der Waals surface area contributed by atoms with E-state index in [1.54, 1.807) is 7.11 Å². The molecule has 2 N–H and O–H groups in total. The van der Waals surface area contributed by atoms with Gasteiger partial charge in [-0.2, -0.15) is 0 Å². The number of methoxy groups -OCH3 is 1. The van der Waals surface area contributed by atoms with Crippen LogP contribution in [0.2, 0.25) is 0 Å². The number of nitrogens with one attached hydrogen (secondary N) is 1. The third kappa shape index (κ3) is 4.20. The Bertz CT molecular complexity index is 946. The van der Waals surface area contributed by atoms with Gasteiger partial charge >= 0.3 is 7.12 Å². The van der Waals surface area contributed by atoms with E-state index in [1.807, 2.05) is 60.7 Å². The summed E-state index contributed by atoms with van der Waals surface area (Å²) in [5.74, 6) is 2.40. The molecule has 0 amide bonds. The average molecular weight is 375 g/mol. The van der Waals surface area contributed by atoms with Gasteiger partial charge in [-0.1, -0.05) is 36.4 Å². The van der Waals surface area contributed by atoms with Crippen LogP contribution in [0.4, 0.5) is 0 Å². The van der Waals surface area contributed by atoms with Crippen molar-refractivity contribution in [3.05, 3.63) is 83.4 Å². The van der Waals surface area contributed by atoms with Crippen LogP contribution in [-0.2, 0) is 24.4 Å². The molecule has 0 fully saturated rings. The van der Waals surface area contributed by atoms with Crippen molar-refractivity contribution in [2.24, 2.45) is 0 Å². The normalized spacial score (nSPS) is 12.7. The summed E-state index contributed by atoms with van der Waals surface area (Å²) >= 11 is 0. The first-order valence-corrected chi connectivity index (χ1v) is 9.25. The third-order valence-electron chi connectivity index (χ3n) is 4.77. The molecule has 0 atom stereocenters. The van der Waals surface area contributed by atoms with E-state index in [0.29, 0.717) is 6.61 Å². The van der Waals surface area contributed by atoms with Crippen molar-refractivity contribution in [1.82, 2.24) is 5.32 Å². The second-order valence-corrected chi connectivity index (χ2v) is 6.69. The van der Waals surface area contributed by atoms with Crippen LogP contribution in [-0.4, -0.2) is 19.3 Å². The molecule has 0 radical (unpaired) electrons. The van der Waals surface area contributed by atoms with Crippen molar-refractivity contribution in [2.45, 2.75) is 19.7 Å². The standard InChI is InChI=1S/C22H22BNO4/c1-26-22-5-3-2-4-17(22)14-24-13-16-6-8-19(9-7-16)28-20-10-11-21-18(12-20)15-27-23(21)25/h2-12,24-25H,13-15H2,1H3. The number of hydrogen-bond acceptors (Lipinski definition) is 5. The first kappa shape index (κ1) is 18.6. The van der Waals surface area contributed by atoms with Crippen LogP contribution >= 0.6 is 0 Å². The molecule has 1 aliphatic heterocycles. The van der Waals surface area contributed by atoms with Gasteiger partial charge in [0.05, 0.1) is 13.7 Å². The Hall–Kier alpha value is -2.80. The molecule has 0 spiro atoms. The first-order chi connectivity index (χ1) is 13.7. The molecule has 0 unspecified atom stereocenters. The van der Waals surface area contributed by atoms with Crippen molar-refractivity contribution < 1.29 is 19.2 Å². The van der Waals surface area contributed by atoms with Gasteiger partial charge in [0.25, 0.3) is 0 Å². The molecule has 142 valence electrons. The van der Waals surface area contributed by atoms with E-state index >= 15 is 0 Å². The summed E-state index contributed by atoms with van der Waals surface area (Å²) in [4.78, 5) is 0. The van der Waals surface area contributed by atoms with Crippen molar-refractivity contribution in [1.29, 1.82) is 0 Å². The summed E-state index contributed by atoms with van der Waals surface area (Å²) < 4.78 is 16.5. The smallest absolute Gasteiger partial charge is 0.491 e. The molecule has 3 aromatic rings. The second-order valence-electron chi connectivity index (χ2n) is 6.69. The summed E-state index contributed by atoms with van der Waals surface area (Å²) in [6.45, 7) is 1.90. The first-order valence-electron chi connectivity index (χ1n) is 9.25. The highest BCUT2D eigenvalue weighted by molar-refractivity contribution is 6.61. The summed E-state index contributed by atoms with van der Waals surface area (Å²) in [7, 11) is 0.861. The third-order valence-corrected chi connectivity index (χ3v) is 4.77. The fourth-order valence-corrected chi connectivity index (χ4v) is 3.27. The van der Waals surface area contributed by atoms with Crippen molar-refractivity contribution >= 4 is 12.6 Å². The molecule has 0 aromatic heterocycles. The maximum Gasteiger partial charge on any atom is 0.491 e. The second kappa shape index (κ2) is 8.48. The van der Waals surface area contributed by atoms with Gasteiger partial charge in [0.15, 0.2) is 0 Å². The highest BCUT2D eigenvalue weighted by atomic mass is 16.5.